The maximum atomic E-state index is 5.85. The number of thioether (sulfide) groups is 1. The van der Waals surface area contributed by atoms with Crippen LogP contribution in [0.1, 0.15) is 38.3 Å². The molecule has 2 rings (SSSR count). The molecule has 106 valence electrons. The van der Waals surface area contributed by atoms with Crippen molar-refractivity contribution < 1.29 is 4.74 Å². The molecule has 1 aliphatic heterocycles. The minimum Gasteiger partial charge on any atom is -0.493 e. The first-order valence-corrected chi connectivity index (χ1v) is 8.91. The van der Waals surface area contributed by atoms with Crippen molar-refractivity contribution in [3.63, 3.8) is 0 Å². The van der Waals surface area contributed by atoms with Crippen molar-refractivity contribution in [2.45, 2.75) is 38.8 Å². The van der Waals surface area contributed by atoms with Crippen molar-refractivity contribution in [3.8, 4) is 5.75 Å². The maximum Gasteiger partial charge on any atom is 0.125 e. The smallest absolute Gasteiger partial charge is 0.125 e. The second kappa shape index (κ2) is 7.55. The lowest BCUT2D eigenvalue weighted by Crippen LogP contribution is -2.32. The van der Waals surface area contributed by atoms with Gasteiger partial charge in [0.1, 0.15) is 5.75 Å². The van der Waals surface area contributed by atoms with Gasteiger partial charge in [-0.25, -0.2) is 0 Å². The lowest BCUT2D eigenvalue weighted by atomic mass is 10.0. The molecule has 0 radical (unpaired) electrons. The topological polar surface area (TPSA) is 21.3 Å². The number of fused-ring (bicyclic) bond motifs is 1. The minimum absolute atomic E-state index is 0.415. The van der Waals surface area contributed by atoms with E-state index < -0.39 is 0 Å². The Kier molecular flexibility index (Phi) is 6.05. The average Bonchev–Trinajstić information content (AvgIpc) is 2.58. The Hall–Kier alpha value is -0.190. The van der Waals surface area contributed by atoms with Gasteiger partial charge in [-0.3, -0.25) is 0 Å². The zero-order valence-corrected chi connectivity index (χ0v) is 14.0. The number of halogens is 1. The summed E-state index contributed by atoms with van der Waals surface area (Å²) in [4.78, 5) is 0. The van der Waals surface area contributed by atoms with Crippen molar-refractivity contribution in [3.05, 3.63) is 28.2 Å². The molecule has 1 aromatic carbocycles. The van der Waals surface area contributed by atoms with E-state index in [1.165, 1.54) is 17.1 Å². The van der Waals surface area contributed by atoms with Crippen molar-refractivity contribution >= 4 is 27.7 Å². The van der Waals surface area contributed by atoms with Gasteiger partial charge in [-0.05, 0) is 37.7 Å². The van der Waals surface area contributed by atoms with E-state index in [0.717, 1.165) is 29.7 Å². The van der Waals surface area contributed by atoms with Crippen molar-refractivity contribution in [1.82, 2.24) is 5.32 Å². The van der Waals surface area contributed by atoms with Crippen LogP contribution in [0.3, 0.4) is 0 Å². The normalized spacial score (nSPS) is 20.3. The van der Waals surface area contributed by atoms with Crippen LogP contribution in [-0.2, 0) is 0 Å². The first-order valence-electron chi connectivity index (χ1n) is 6.96. The van der Waals surface area contributed by atoms with E-state index in [4.69, 9.17) is 4.74 Å². The number of nitrogens with one attached hydrogen (secondary N) is 1. The van der Waals surface area contributed by atoms with Crippen LogP contribution in [0, 0.1) is 0 Å². The SMILES string of the molecule is CCSCC(C)NC1CCCOc2cc(Br)ccc21. The Morgan fingerprint density at radius 3 is 3.16 bits per heavy atom. The molecule has 0 spiro atoms. The van der Waals surface area contributed by atoms with Crippen molar-refractivity contribution in [1.29, 1.82) is 0 Å². The summed E-state index contributed by atoms with van der Waals surface area (Å²) in [5.74, 6) is 3.38. The van der Waals surface area contributed by atoms with Crippen molar-refractivity contribution in [2.24, 2.45) is 0 Å². The molecular formula is C15H22BrNOS. The van der Waals surface area contributed by atoms with Gasteiger partial charge in [0.15, 0.2) is 0 Å². The molecule has 0 bridgehead atoms. The first-order chi connectivity index (χ1) is 9.20. The summed E-state index contributed by atoms with van der Waals surface area (Å²) in [5.41, 5.74) is 1.30. The Morgan fingerprint density at radius 2 is 2.37 bits per heavy atom. The summed E-state index contributed by atoms with van der Waals surface area (Å²) in [6.45, 7) is 5.30. The molecule has 0 amide bonds. The fraction of sp³-hybridized carbons (Fsp3) is 0.600. The molecule has 2 nitrogen and oxygen atoms in total. The predicted octanol–water partition coefficient (Wildman–Crippen LogP) is 4.39. The highest BCUT2D eigenvalue weighted by Gasteiger charge is 2.21. The Balaban J connectivity index is 2.08. The third-order valence-corrected chi connectivity index (χ3v) is 4.94. The van der Waals surface area contributed by atoms with E-state index in [2.05, 4.69) is 53.3 Å². The molecule has 0 fully saturated rings. The van der Waals surface area contributed by atoms with E-state index in [0.29, 0.717) is 12.1 Å². The number of hydrogen-bond donors (Lipinski definition) is 1. The average molecular weight is 344 g/mol. The van der Waals surface area contributed by atoms with E-state index in [1.54, 1.807) is 0 Å². The molecule has 2 unspecified atom stereocenters. The molecule has 1 N–H and O–H groups in total. The number of rotatable bonds is 5. The van der Waals surface area contributed by atoms with Gasteiger partial charge in [0.05, 0.1) is 6.61 Å². The predicted molar refractivity (Wildman–Crippen MR) is 87.2 cm³/mol. The zero-order chi connectivity index (χ0) is 13.7. The van der Waals surface area contributed by atoms with Gasteiger partial charge in [0.2, 0.25) is 0 Å². The summed E-state index contributed by atoms with van der Waals surface area (Å²) in [6, 6.07) is 7.32. The van der Waals surface area contributed by atoms with E-state index >= 15 is 0 Å². The second-order valence-electron chi connectivity index (χ2n) is 4.95. The summed E-state index contributed by atoms with van der Waals surface area (Å²) < 4.78 is 6.93. The highest BCUT2D eigenvalue weighted by atomic mass is 79.9. The van der Waals surface area contributed by atoms with Gasteiger partial charge >= 0.3 is 0 Å². The monoisotopic (exact) mass is 343 g/mol. The van der Waals surface area contributed by atoms with Crippen LogP contribution < -0.4 is 10.1 Å². The summed E-state index contributed by atoms with van der Waals surface area (Å²) in [6.07, 6.45) is 2.26. The van der Waals surface area contributed by atoms with E-state index in [9.17, 15) is 0 Å². The molecule has 0 aliphatic carbocycles. The largest absolute Gasteiger partial charge is 0.493 e. The van der Waals surface area contributed by atoms with Crippen LogP contribution in [0.25, 0.3) is 0 Å². The Morgan fingerprint density at radius 1 is 1.53 bits per heavy atom. The minimum atomic E-state index is 0.415. The van der Waals surface area contributed by atoms with E-state index in [-0.39, 0.29) is 0 Å². The molecule has 19 heavy (non-hydrogen) atoms. The first kappa shape index (κ1) is 15.2. The van der Waals surface area contributed by atoms with E-state index in [1.807, 2.05) is 11.8 Å². The van der Waals surface area contributed by atoms with Gasteiger partial charge in [0.25, 0.3) is 0 Å². The van der Waals surface area contributed by atoms with Gasteiger partial charge in [-0.15, -0.1) is 0 Å². The second-order valence-corrected chi connectivity index (χ2v) is 7.19. The number of benzene rings is 1. The maximum absolute atomic E-state index is 5.85. The highest BCUT2D eigenvalue weighted by molar-refractivity contribution is 9.10. The molecule has 1 heterocycles. The number of ether oxygens (including phenoxy) is 1. The molecule has 0 saturated heterocycles. The quantitative estimate of drug-likeness (QED) is 0.856. The van der Waals surface area contributed by atoms with Crippen LogP contribution in [0.5, 0.6) is 5.75 Å². The van der Waals surface area contributed by atoms with Gasteiger partial charge in [-0.1, -0.05) is 28.9 Å². The lowest BCUT2D eigenvalue weighted by Gasteiger charge is -2.23. The molecule has 2 atom stereocenters. The van der Waals surface area contributed by atoms with Gasteiger partial charge in [0, 0.05) is 27.9 Å². The van der Waals surface area contributed by atoms with Gasteiger partial charge in [-0.2, -0.15) is 11.8 Å². The van der Waals surface area contributed by atoms with Crippen LogP contribution in [-0.4, -0.2) is 24.2 Å². The van der Waals surface area contributed by atoms with Crippen LogP contribution >= 0.6 is 27.7 Å². The standard InChI is InChI=1S/C15H22BrNOS/c1-3-19-10-11(2)17-14-5-4-8-18-15-9-12(16)6-7-13(14)15/h6-7,9,11,14,17H,3-5,8,10H2,1-2H3. The zero-order valence-electron chi connectivity index (χ0n) is 11.6. The molecule has 0 saturated carbocycles. The fourth-order valence-corrected chi connectivity index (χ4v) is 3.43. The third kappa shape index (κ3) is 4.40. The number of hydrogen-bond acceptors (Lipinski definition) is 3. The van der Waals surface area contributed by atoms with Crippen LogP contribution in [0.4, 0.5) is 0 Å². The molecule has 1 aliphatic rings. The molecule has 4 heteroatoms. The molecule has 1 aromatic rings. The Labute approximate surface area is 128 Å². The molecular weight excluding hydrogens is 322 g/mol. The van der Waals surface area contributed by atoms with Crippen LogP contribution in [0.2, 0.25) is 0 Å². The lowest BCUT2D eigenvalue weighted by molar-refractivity contribution is 0.314. The fourth-order valence-electron chi connectivity index (χ4n) is 2.41. The van der Waals surface area contributed by atoms with Crippen molar-refractivity contribution in [2.75, 3.05) is 18.1 Å². The highest BCUT2D eigenvalue weighted by Crippen LogP contribution is 2.34. The van der Waals surface area contributed by atoms with Crippen LogP contribution in [0.15, 0.2) is 22.7 Å². The molecule has 0 aromatic heterocycles. The van der Waals surface area contributed by atoms with Gasteiger partial charge < -0.3 is 10.1 Å². The third-order valence-electron chi connectivity index (χ3n) is 3.30. The summed E-state index contributed by atoms with van der Waals surface area (Å²) in [7, 11) is 0. The summed E-state index contributed by atoms with van der Waals surface area (Å²) in [5, 5.41) is 3.75. The Bertz CT molecular complexity index is 413. The summed E-state index contributed by atoms with van der Waals surface area (Å²) >= 11 is 5.51.